The highest BCUT2D eigenvalue weighted by atomic mass is 32.2. The van der Waals surface area contributed by atoms with Gasteiger partial charge in [0.1, 0.15) is 11.5 Å². The molecule has 1 aromatic heterocycles. The molecule has 2 aromatic carbocycles. The quantitative estimate of drug-likeness (QED) is 0.295. The normalized spacial score (nSPS) is 16.5. The van der Waals surface area contributed by atoms with Gasteiger partial charge in [-0.3, -0.25) is 19.8 Å². The van der Waals surface area contributed by atoms with Crippen LogP contribution in [0.4, 0.5) is 11.4 Å². The molecule has 31 heavy (non-hydrogen) atoms. The van der Waals surface area contributed by atoms with Crippen LogP contribution in [0.2, 0.25) is 0 Å². The van der Waals surface area contributed by atoms with Gasteiger partial charge in [-0.05, 0) is 54.1 Å². The van der Waals surface area contributed by atoms with Gasteiger partial charge in [0.25, 0.3) is 11.6 Å². The lowest BCUT2D eigenvalue weighted by molar-refractivity contribution is -0.384. The molecule has 1 aliphatic heterocycles. The second kappa shape index (κ2) is 8.61. The number of hydrogen-bond donors (Lipinski definition) is 0. The van der Waals surface area contributed by atoms with Crippen LogP contribution < -0.4 is 0 Å². The predicted molar refractivity (Wildman–Crippen MR) is 122 cm³/mol. The highest BCUT2D eigenvalue weighted by Gasteiger charge is 2.30. The third-order valence-electron chi connectivity index (χ3n) is 4.85. The van der Waals surface area contributed by atoms with Crippen molar-refractivity contribution in [2.24, 2.45) is 4.99 Å². The Hall–Kier alpha value is -3.65. The number of carbonyl (C=O) groups is 1. The summed E-state index contributed by atoms with van der Waals surface area (Å²) in [4.78, 5) is 29.8. The van der Waals surface area contributed by atoms with Crippen molar-refractivity contribution in [2.45, 2.75) is 13.3 Å². The molecule has 1 amide bonds. The number of non-ortho nitro benzene ring substituents is 1. The van der Waals surface area contributed by atoms with Gasteiger partial charge in [0.2, 0.25) is 0 Å². The van der Waals surface area contributed by atoms with Crippen molar-refractivity contribution in [3.63, 3.8) is 0 Å². The van der Waals surface area contributed by atoms with Crippen molar-refractivity contribution in [3.8, 4) is 11.3 Å². The Morgan fingerprint density at radius 1 is 1.13 bits per heavy atom. The van der Waals surface area contributed by atoms with E-state index in [-0.39, 0.29) is 11.6 Å². The molecule has 2 heterocycles. The molecule has 0 spiro atoms. The van der Waals surface area contributed by atoms with Crippen LogP contribution in [0, 0.1) is 10.1 Å². The number of thioether (sulfide) groups is 1. The average molecular weight is 433 g/mol. The Morgan fingerprint density at radius 2 is 1.87 bits per heavy atom. The fourth-order valence-corrected chi connectivity index (χ4v) is 4.10. The maximum absolute atomic E-state index is 12.7. The molecule has 8 heteroatoms. The average Bonchev–Trinajstić information content (AvgIpc) is 3.35. The summed E-state index contributed by atoms with van der Waals surface area (Å²) in [5.74, 6) is 0.940. The number of aliphatic imine (C=N–C) groups is 1. The fraction of sp³-hybridized carbons (Fsp3) is 0.130. The highest BCUT2D eigenvalue weighted by Crippen LogP contribution is 2.35. The van der Waals surface area contributed by atoms with E-state index in [1.165, 1.54) is 28.8 Å². The van der Waals surface area contributed by atoms with E-state index < -0.39 is 4.92 Å². The number of aryl methyl sites for hydroxylation is 1. The zero-order chi connectivity index (χ0) is 22.0. The Labute approximate surface area is 183 Å². The smallest absolute Gasteiger partial charge is 0.269 e. The van der Waals surface area contributed by atoms with Crippen LogP contribution in [0.15, 0.2) is 75.0 Å². The van der Waals surface area contributed by atoms with Crippen molar-refractivity contribution >= 4 is 40.3 Å². The lowest BCUT2D eigenvalue weighted by Gasteiger charge is -2.08. The van der Waals surface area contributed by atoms with Crippen LogP contribution in [-0.2, 0) is 11.2 Å². The van der Waals surface area contributed by atoms with Crippen molar-refractivity contribution in [1.29, 1.82) is 0 Å². The van der Waals surface area contributed by atoms with E-state index in [9.17, 15) is 14.9 Å². The topological polar surface area (TPSA) is 89.0 Å². The molecular formula is C23H19N3O4S. The fourth-order valence-electron chi connectivity index (χ4n) is 3.14. The van der Waals surface area contributed by atoms with Gasteiger partial charge in [-0.25, -0.2) is 4.99 Å². The maximum atomic E-state index is 12.7. The van der Waals surface area contributed by atoms with E-state index in [1.54, 1.807) is 37.4 Å². The van der Waals surface area contributed by atoms with Crippen LogP contribution in [0.25, 0.3) is 17.4 Å². The van der Waals surface area contributed by atoms with E-state index in [1.807, 2.05) is 24.3 Å². The Morgan fingerprint density at radius 3 is 2.58 bits per heavy atom. The number of hydrogen-bond acceptors (Lipinski definition) is 6. The Bertz CT molecular complexity index is 1210. The van der Waals surface area contributed by atoms with Crippen LogP contribution in [0.3, 0.4) is 0 Å². The molecule has 0 radical (unpaired) electrons. The first kappa shape index (κ1) is 20.6. The third-order valence-corrected chi connectivity index (χ3v) is 5.92. The molecule has 1 fully saturated rings. The van der Waals surface area contributed by atoms with Crippen molar-refractivity contribution in [3.05, 3.63) is 87.0 Å². The third kappa shape index (κ3) is 4.29. The van der Waals surface area contributed by atoms with Crippen LogP contribution in [-0.4, -0.2) is 27.9 Å². The van der Waals surface area contributed by atoms with Gasteiger partial charge >= 0.3 is 0 Å². The van der Waals surface area contributed by atoms with Gasteiger partial charge in [-0.15, -0.1) is 0 Å². The number of nitro groups is 1. The molecule has 0 N–H and O–H groups in total. The monoisotopic (exact) mass is 433 g/mol. The molecular weight excluding hydrogens is 414 g/mol. The highest BCUT2D eigenvalue weighted by molar-refractivity contribution is 8.18. The molecule has 0 aliphatic carbocycles. The molecule has 1 saturated heterocycles. The number of nitro benzene ring substituents is 1. The van der Waals surface area contributed by atoms with Gasteiger partial charge in [-0.2, -0.15) is 0 Å². The first-order valence-corrected chi connectivity index (χ1v) is 10.5. The number of carbonyl (C=O) groups excluding carboxylic acids is 1. The van der Waals surface area contributed by atoms with E-state index in [2.05, 4.69) is 11.9 Å². The summed E-state index contributed by atoms with van der Waals surface area (Å²) in [7, 11) is 1.70. The zero-order valence-electron chi connectivity index (χ0n) is 16.9. The Balaban J connectivity index is 1.57. The summed E-state index contributed by atoms with van der Waals surface area (Å²) in [6.45, 7) is 2.07. The number of rotatable bonds is 5. The number of benzene rings is 2. The van der Waals surface area contributed by atoms with Crippen LogP contribution in [0.5, 0.6) is 0 Å². The van der Waals surface area contributed by atoms with Gasteiger partial charge in [0, 0.05) is 30.8 Å². The molecule has 0 bridgehead atoms. The molecule has 4 rings (SSSR count). The molecule has 156 valence electrons. The second-order valence-electron chi connectivity index (χ2n) is 6.86. The number of para-hydroxylation sites is 1. The summed E-state index contributed by atoms with van der Waals surface area (Å²) in [6, 6.07) is 17.5. The largest absolute Gasteiger partial charge is 0.457 e. The summed E-state index contributed by atoms with van der Waals surface area (Å²) in [5.41, 5.74) is 2.71. The first-order chi connectivity index (χ1) is 15.0. The van der Waals surface area contributed by atoms with Crippen molar-refractivity contribution in [2.75, 3.05) is 7.05 Å². The van der Waals surface area contributed by atoms with E-state index >= 15 is 0 Å². The predicted octanol–water partition coefficient (Wildman–Crippen LogP) is 5.65. The summed E-state index contributed by atoms with van der Waals surface area (Å²) >= 11 is 1.30. The minimum absolute atomic E-state index is 0.0186. The lowest BCUT2D eigenvalue weighted by atomic mass is 10.1. The number of amides is 1. The van der Waals surface area contributed by atoms with Crippen molar-refractivity contribution in [1.82, 2.24) is 4.90 Å². The summed E-state index contributed by atoms with van der Waals surface area (Å²) in [6.07, 6.45) is 2.54. The van der Waals surface area contributed by atoms with E-state index in [0.29, 0.717) is 21.6 Å². The summed E-state index contributed by atoms with van der Waals surface area (Å²) < 4.78 is 5.84. The zero-order valence-corrected chi connectivity index (χ0v) is 17.8. The van der Waals surface area contributed by atoms with Gasteiger partial charge in [0.15, 0.2) is 5.17 Å². The Kier molecular flexibility index (Phi) is 5.73. The molecule has 7 nitrogen and oxygen atoms in total. The molecule has 3 aromatic rings. The molecule has 0 saturated carbocycles. The molecule has 0 unspecified atom stereocenters. The minimum atomic E-state index is -0.445. The molecule has 0 atom stereocenters. The van der Waals surface area contributed by atoms with Crippen molar-refractivity contribution < 1.29 is 14.1 Å². The standard InChI is InChI=1S/C23H19N3O4S/c1-3-15-6-4-5-7-19(15)24-23-25(2)22(27)21(31-23)14-18-12-13-20(30-18)16-8-10-17(11-9-16)26(28)29/h4-14H,3H2,1-2H3/b21-14+,24-23?. The van der Waals surface area contributed by atoms with Crippen LogP contribution >= 0.6 is 11.8 Å². The lowest BCUT2D eigenvalue weighted by Crippen LogP contribution is -2.23. The second-order valence-corrected chi connectivity index (χ2v) is 7.87. The molecule has 1 aliphatic rings. The van der Waals surface area contributed by atoms with Crippen LogP contribution in [0.1, 0.15) is 18.2 Å². The summed E-state index contributed by atoms with van der Waals surface area (Å²) in [5, 5.41) is 11.4. The maximum Gasteiger partial charge on any atom is 0.269 e. The van der Waals surface area contributed by atoms with Gasteiger partial charge in [0.05, 0.1) is 15.5 Å². The SMILES string of the molecule is CCc1ccccc1N=C1S/C(=C/c2ccc(-c3ccc([N+](=O)[O-])cc3)o2)C(=O)N1C. The number of likely N-dealkylation sites (N-methyl/N-ethyl adjacent to an activating group) is 1. The van der Waals surface area contributed by atoms with Gasteiger partial charge < -0.3 is 4.42 Å². The van der Waals surface area contributed by atoms with E-state index in [0.717, 1.165) is 23.2 Å². The number of nitrogens with zero attached hydrogens (tertiary/aromatic N) is 3. The number of furan rings is 1. The van der Waals surface area contributed by atoms with Gasteiger partial charge in [-0.1, -0.05) is 25.1 Å². The van der Waals surface area contributed by atoms with E-state index in [4.69, 9.17) is 4.42 Å². The number of amidine groups is 1. The minimum Gasteiger partial charge on any atom is -0.457 e. The first-order valence-electron chi connectivity index (χ1n) is 9.65.